The summed E-state index contributed by atoms with van der Waals surface area (Å²) in [6.45, 7) is 3.99. The zero-order chi connectivity index (χ0) is 19.2. The van der Waals surface area contributed by atoms with E-state index in [-0.39, 0.29) is 5.91 Å². The molecule has 142 valence electrons. The number of esters is 1. The summed E-state index contributed by atoms with van der Waals surface area (Å²) in [5.74, 6) is -0.780. The average molecular weight is 389 g/mol. The maximum atomic E-state index is 12.6. The summed E-state index contributed by atoms with van der Waals surface area (Å²) >= 11 is 6.15. The molecule has 1 amide bonds. The Kier molecular flexibility index (Phi) is 6.45. The van der Waals surface area contributed by atoms with Gasteiger partial charge in [-0.1, -0.05) is 23.7 Å². The Balaban J connectivity index is 1.72. The zero-order valence-electron chi connectivity index (χ0n) is 15.0. The predicted octanol–water partition coefficient (Wildman–Crippen LogP) is 3.21. The molecule has 0 bridgehead atoms. The van der Waals surface area contributed by atoms with Crippen LogP contribution in [0, 0.1) is 0 Å². The fraction of sp³-hybridized carbons (Fsp3) is 0.300. The first kappa shape index (κ1) is 19.4. The molecule has 3 rings (SSSR count). The maximum absolute atomic E-state index is 12.6. The lowest BCUT2D eigenvalue weighted by Crippen LogP contribution is -2.35. The molecular formula is C20H21ClN2O4. The Labute approximate surface area is 163 Å². The molecular weight excluding hydrogens is 368 g/mol. The summed E-state index contributed by atoms with van der Waals surface area (Å²) in [5, 5.41) is 3.11. The normalized spacial score (nSPS) is 14.6. The molecule has 0 atom stereocenters. The Morgan fingerprint density at radius 2 is 1.93 bits per heavy atom. The third-order valence-corrected chi connectivity index (χ3v) is 4.66. The van der Waals surface area contributed by atoms with Crippen molar-refractivity contribution in [1.29, 1.82) is 0 Å². The fourth-order valence-electron chi connectivity index (χ4n) is 2.89. The minimum Gasteiger partial charge on any atom is -0.465 e. The van der Waals surface area contributed by atoms with Crippen LogP contribution in [0.15, 0.2) is 42.5 Å². The zero-order valence-corrected chi connectivity index (χ0v) is 15.8. The molecule has 1 N–H and O–H groups in total. The van der Waals surface area contributed by atoms with E-state index in [9.17, 15) is 9.59 Å². The Bertz CT molecular complexity index is 834. The van der Waals surface area contributed by atoms with Gasteiger partial charge in [-0.3, -0.25) is 9.69 Å². The van der Waals surface area contributed by atoms with Crippen molar-refractivity contribution >= 4 is 29.2 Å². The lowest BCUT2D eigenvalue weighted by Gasteiger charge is -2.26. The highest BCUT2D eigenvalue weighted by Crippen LogP contribution is 2.24. The number of hydrogen-bond donors (Lipinski definition) is 1. The van der Waals surface area contributed by atoms with Crippen molar-refractivity contribution in [2.24, 2.45) is 0 Å². The van der Waals surface area contributed by atoms with Crippen molar-refractivity contribution in [2.45, 2.75) is 6.54 Å². The first-order valence-electron chi connectivity index (χ1n) is 8.65. The van der Waals surface area contributed by atoms with Crippen LogP contribution in [0.3, 0.4) is 0 Å². The second-order valence-corrected chi connectivity index (χ2v) is 6.64. The van der Waals surface area contributed by atoms with E-state index in [0.29, 0.717) is 21.8 Å². The SMILES string of the molecule is COC(=O)c1ccc(Cl)c(NC(=O)c2cccc(CN3CCOCC3)c2)c1. The highest BCUT2D eigenvalue weighted by molar-refractivity contribution is 6.34. The van der Waals surface area contributed by atoms with Crippen molar-refractivity contribution in [2.75, 3.05) is 38.7 Å². The lowest BCUT2D eigenvalue weighted by molar-refractivity contribution is 0.0342. The third kappa shape index (κ3) is 5.07. The van der Waals surface area contributed by atoms with Crippen molar-refractivity contribution in [3.63, 3.8) is 0 Å². The van der Waals surface area contributed by atoms with Gasteiger partial charge in [-0.05, 0) is 35.9 Å². The summed E-state index contributed by atoms with van der Waals surface area (Å²) in [7, 11) is 1.30. The molecule has 0 saturated carbocycles. The standard InChI is InChI=1S/C20H21ClN2O4/c1-26-20(25)16-5-6-17(21)18(12-16)22-19(24)15-4-2-3-14(11-15)13-23-7-9-27-10-8-23/h2-6,11-12H,7-10,13H2,1H3,(H,22,24). The van der Waals surface area contributed by atoms with E-state index in [0.717, 1.165) is 38.4 Å². The Morgan fingerprint density at radius 1 is 1.15 bits per heavy atom. The van der Waals surface area contributed by atoms with Crippen LogP contribution in [0.2, 0.25) is 5.02 Å². The summed E-state index contributed by atoms with van der Waals surface area (Å²) in [6.07, 6.45) is 0. The number of ether oxygens (including phenoxy) is 2. The molecule has 1 saturated heterocycles. The van der Waals surface area contributed by atoms with Crippen molar-refractivity contribution < 1.29 is 19.1 Å². The van der Waals surface area contributed by atoms with Crippen LogP contribution in [0.25, 0.3) is 0 Å². The molecule has 2 aromatic rings. The minimum atomic E-state index is -0.491. The Hall–Kier alpha value is -2.41. The number of nitrogens with zero attached hydrogens (tertiary/aromatic N) is 1. The van der Waals surface area contributed by atoms with Gasteiger partial charge in [-0.25, -0.2) is 4.79 Å². The van der Waals surface area contributed by atoms with Crippen LogP contribution in [-0.4, -0.2) is 50.2 Å². The van der Waals surface area contributed by atoms with Crippen LogP contribution in [-0.2, 0) is 16.0 Å². The number of benzene rings is 2. The van der Waals surface area contributed by atoms with Gasteiger partial charge in [0.25, 0.3) is 5.91 Å². The molecule has 1 aliphatic rings. The highest BCUT2D eigenvalue weighted by atomic mass is 35.5. The molecule has 1 heterocycles. The quantitative estimate of drug-likeness (QED) is 0.796. The van der Waals surface area contributed by atoms with Crippen LogP contribution < -0.4 is 5.32 Å². The van der Waals surface area contributed by atoms with E-state index >= 15 is 0 Å². The summed E-state index contributed by atoms with van der Waals surface area (Å²) in [5.41, 5.74) is 2.26. The van der Waals surface area contributed by atoms with Gasteiger partial charge in [0.15, 0.2) is 0 Å². The molecule has 0 unspecified atom stereocenters. The molecule has 0 aromatic heterocycles. The number of methoxy groups -OCH3 is 1. The fourth-order valence-corrected chi connectivity index (χ4v) is 3.05. The van der Waals surface area contributed by atoms with Crippen molar-refractivity contribution in [3.8, 4) is 0 Å². The van der Waals surface area contributed by atoms with Crippen LogP contribution >= 0.6 is 11.6 Å². The number of anilines is 1. The minimum absolute atomic E-state index is 0.289. The van der Waals surface area contributed by atoms with Crippen LogP contribution in [0.1, 0.15) is 26.3 Å². The number of rotatable bonds is 5. The molecule has 2 aromatic carbocycles. The van der Waals surface area contributed by atoms with Gasteiger partial charge in [0.2, 0.25) is 0 Å². The van der Waals surface area contributed by atoms with E-state index < -0.39 is 5.97 Å². The lowest BCUT2D eigenvalue weighted by atomic mass is 10.1. The van der Waals surface area contributed by atoms with Crippen molar-refractivity contribution in [3.05, 3.63) is 64.2 Å². The van der Waals surface area contributed by atoms with Gasteiger partial charge in [-0.2, -0.15) is 0 Å². The van der Waals surface area contributed by atoms with E-state index in [1.807, 2.05) is 18.2 Å². The molecule has 1 fully saturated rings. The topological polar surface area (TPSA) is 67.9 Å². The number of carbonyl (C=O) groups excluding carboxylic acids is 2. The highest BCUT2D eigenvalue weighted by Gasteiger charge is 2.14. The van der Waals surface area contributed by atoms with Gasteiger partial charge in [-0.15, -0.1) is 0 Å². The predicted molar refractivity (Wildman–Crippen MR) is 103 cm³/mol. The smallest absolute Gasteiger partial charge is 0.337 e. The summed E-state index contributed by atoms with van der Waals surface area (Å²) in [6, 6.07) is 12.1. The monoisotopic (exact) mass is 388 g/mol. The van der Waals surface area contributed by atoms with E-state index in [1.54, 1.807) is 18.2 Å². The molecule has 27 heavy (non-hydrogen) atoms. The van der Waals surface area contributed by atoms with Gasteiger partial charge in [0.1, 0.15) is 0 Å². The molecule has 0 radical (unpaired) electrons. The van der Waals surface area contributed by atoms with Gasteiger partial charge in [0, 0.05) is 25.2 Å². The maximum Gasteiger partial charge on any atom is 0.337 e. The largest absolute Gasteiger partial charge is 0.465 e. The first-order chi connectivity index (χ1) is 13.1. The summed E-state index contributed by atoms with van der Waals surface area (Å²) < 4.78 is 10.1. The number of amides is 1. The first-order valence-corrected chi connectivity index (χ1v) is 9.03. The number of carbonyl (C=O) groups is 2. The molecule has 6 nitrogen and oxygen atoms in total. The Morgan fingerprint density at radius 3 is 2.67 bits per heavy atom. The summed E-state index contributed by atoms with van der Waals surface area (Å²) in [4.78, 5) is 26.6. The van der Waals surface area contributed by atoms with E-state index in [4.69, 9.17) is 21.1 Å². The van der Waals surface area contributed by atoms with Crippen molar-refractivity contribution in [1.82, 2.24) is 4.90 Å². The number of morpholine rings is 1. The van der Waals surface area contributed by atoms with Crippen LogP contribution in [0.5, 0.6) is 0 Å². The molecule has 1 aliphatic heterocycles. The molecule has 7 heteroatoms. The number of halogens is 1. The second kappa shape index (κ2) is 8.99. The third-order valence-electron chi connectivity index (χ3n) is 4.33. The molecule has 0 spiro atoms. The van der Waals surface area contributed by atoms with E-state index in [1.165, 1.54) is 13.2 Å². The van der Waals surface area contributed by atoms with Gasteiger partial charge < -0.3 is 14.8 Å². The number of nitrogens with one attached hydrogen (secondary N) is 1. The second-order valence-electron chi connectivity index (χ2n) is 6.23. The average Bonchev–Trinajstić information content (AvgIpc) is 2.70. The number of hydrogen-bond acceptors (Lipinski definition) is 5. The van der Waals surface area contributed by atoms with Gasteiger partial charge in [0.05, 0.1) is 36.6 Å². The van der Waals surface area contributed by atoms with E-state index in [2.05, 4.69) is 10.2 Å². The van der Waals surface area contributed by atoms with Crippen LogP contribution in [0.4, 0.5) is 5.69 Å². The van der Waals surface area contributed by atoms with Gasteiger partial charge >= 0.3 is 5.97 Å². The molecule has 0 aliphatic carbocycles.